The van der Waals surface area contributed by atoms with E-state index in [-0.39, 0.29) is 11.3 Å². The maximum atomic E-state index is 12.1. The molecule has 5 heteroatoms. The lowest BCUT2D eigenvalue weighted by Crippen LogP contribution is -2.20. The summed E-state index contributed by atoms with van der Waals surface area (Å²) >= 11 is 1.55. The molecule has 1 aromatic carbocycles. The summed E-state index contributed by atoms with van der Waals surface area (Å²) in [5, 5.41) is 0. The van der Waals surface area contributed by atoms with Crippen LogP contribution in [0.2, 0.25) is 0 Å². The zero-order valence-corrected chi connectivity index (χ0v) is 13.9. The first-order valence-electron chi connectivity index (χ1n) is 7.05. The maximum Gasteiger partial charge on any atom is 0.248 e. The molecule has 114 valence electrons. The summed E-state index contributed by atoms with van der Waals surface area (Å²) in [5.74, 6) is -0.0692. The number of hydrogen-bond donors (Lipinski definition) is 0. The highest BCUT2D eigenvalue weighted by atomic mass is 32.1. The fourth-order valence-corrected chi connectivity index (χ4v) is 3.18. The molecular weight excluding hydrogens is 284 g/mol. The minimum atomic E-state index is -0.0692. The molecule has 0 N–H and O–H groups in total. The van der Waals surface area contributed by atoms with Gasteiger partial charge in [0.2, 0.25) is 5.91 Å². The second-order valence-corrected chi connectivity index (χ2v) is 7.25. The van der Waals surface area contributed by atoms with Gasteiger partial charge in [-0.15, -0.1) is 0 Å². The smallest absolute Gasteiger partial charge is 0.248 e. The highest BCUT2D eigenvalue weighted by molar-refractivity contribution is 7.16. The second-order valence-electron chi connectivity index (χ2n) is 6.24. The van der Waals surface area contributed by atoms with Crippen LogP contribution in [0.1, 0.15) is 27.2 Å². The lowest BCUT2D eigenvalue weighted by molar-refractivity contribution is -0.119. The number of nitrogens with zero attached hydrogens (tertiary/aromatic N) is 2. The van der Waals surface area contributed by atoms with Gasteiger partial charge in [-0.05, 0) is 17.5 Å². The number of methoxy groups -OCH3 is 1. The number of benzene rings is 1. The van der Waals surface area contributed by atoms with E-state index in [0.29, 0.717) is 19.6 Å². The van der Waals surface area contributed by atoms with E-state index in [0.717, 1.165) is 15.0 Å². The Labute approximate surface area is 129 Å². The number of aromatic nitrogens is 1. The first-order chi connectivity index (χ1) is 9.90. The van der Waals surface area contributed by atoms with E-state index >= 15 is 0 Å². The standard InChI is InChI=1S/C16H22N2O2S/c1-16(2,3)11-14(19)17-15-18(9-10-20-4)12-7-5-6-8-13(12)21-15/h5-8H,9-11H2,1-4H3. The molecule has 0 fully saturated rings. The van der Waals surface area contributed by atoms with Crippen LogP contribution in [-0.2, 0) is 16.1 Å². The number of amides is 1. The lowest BCUT2D eigenvalue weighted by atomic mass is 9.92. The number of carbonyl (C=O) groups excluding carboxylic acids is 1. The van der Waals surface area contributed by atoms with Gasteiger partial charge in [0.1, 0.15) is 0 Å². The molecule has 0 aliphatic heterocycles. The molecule has 1 aromatic heterocycles. The predicted octanol–water partition coefficient (Wildman–Crippen LogP) is 3.21. The Balaban J connectivity index is 2.44. The molecule has 0 aliphatic carbocycles. The maximum absolute atomic E-state index is 12.1. The minimum Gasteiger partial charge on any atom is -0.383 e. The van der Waals surface area contributed by atoms with Crippen molar-refractivity contribution in [3.63, 3.8) is 0 Å². The summed E-state index contributed by atoms with van der Waals surface area (Å²) in [6.07, 6.45) is 0.450. The van der Waals surface area contributed by atoms with Crippen LogP contribution in [0.4, 0.5) is 0 Å². The zero-order valence-electron chi connectivity index (χ0n) is 13.0. The first kappa shape index (κ1) is 15.9. The third-order valence-electron chi connectivity index (χ3n) is 3.01. The van der Waals surface area contributed by atoms with Gasteiger partial charge in [0.05, 0.1) is 16.8 Å². The number of fused-ring (bicyclic) bond motifs is 1. The normalized spacial score (nSPS) is 13.0. The van der Waals surface area contributed by atoms with Crippen LogP contribution in [0, 0.1) is 5.41 Å². The van der Waals surface area contributed by atoms with Crippen molar-refractivity contribution >= 4 is 27.5 Å². The van der Waals surface area contributed by atoms with E-state index in [9.17, 15) is 4.79 Å². The highest BCUT2D eigenvalue weighted by Gasteiger charge is 2.16. The van der Waals surface area contributed by atoms with Crippen LogP contribution in [0.15, 0.2) is 29.3 Å². The molecule has 1 heterocycles. The SMILES string of the molecule is COCCn1c(=NC(=O)CC(C)(C)C)sc2ccccc21. The Morgan fingerprint density at radius 2 is 2.05 bits per heavy atom. The fraction of sp³-hybridized carbons (Fsp3) is 0.500. The monoisotopic (exact) mass is 306 g/mol. The number of ether oxygens (including phenoxy) is 1. The van der Waals surface area contributed by atoms with Crippen molar-refractivity contribution in [3.8, 4) is 0 Å². The molecular formula is C16H22N2O2S. The lowest BCUT2D eigenvalue weighted by Gasteiger charge is -2.14. The van der Waals surface area contributed by atoms with E-state index in [1.54, 1.807) is 18.4 Å². The molecule has 0 saturated carbocycles. The summed E-state index contributed by atoms with van der Waals surface area (Å²) in [7, 11) is 1.68. The van der Waals surface area contributed by atoms with Gasteiger partial charge in [0, 0.05) is 20.1 Å². The number of hydrogen-bond acceptors (Lipinski definition) is 3. The van der Waals surface area contributed by atoms with Gasteiger partial charge < -0.3 is 9.30 Å². The van der Waals surface area contributed by atoms with Crippen molar-refractivity contribution in [3.05, 3.63) is 29.1 Å². The Bertz CT molecular complexity index is 692. The van der Waals surface area contributed by atoms with Crippen molar-refractivity contribution < 1.29 is 9.53 Å². The van der Waals surface area contributed by atoms with Crippen LogP contribution in [-0.4, -0.2) is 24.2 Å². The second kappa shape index (κ2) is 6.54. The summed E-state index contributed by atoms with van der Waals surface area (Å²) in [6.45, 7) is 7.43. The molecule has 0 bridgehead atoms. The minimum absolute atomic E-state index is 0.0470. The zero-order chi connectivity index (χ0) is 15.5. The molecule has 0 saturated heterocycles. The average molecular weight is 306 g/mol. The molecule has 0 aliphatic rings. The molecule has 1 amide bonds. The van der Waals surface area contributed by atoms with E-state index in [1.807, 2.05) is 32.9 Å². The van der Waals surface area contributed by atoms with Crippen molar-refractivity contribution in [2.24, 2.45) is 10.4 Å². The molecule has 0 unspecified atom stereocenters. The Kier molecular flexibility index (Phi) is 4.96. The van der Waals surface area contributed by atoms with Gasteiger partial charge in [-0.3, -0.25) is 4.79 Å². The average Bonchev–Trinajstić information content (AvgIpc) is 2.71. The number of rotatable bonds is 4. The van der Waals surface area contributed by atoms with Crippen LogP contribution in [0.3, 0.4) is 0 Å². The third kappa shape index (κ3) is 4.25. The van der Waals surface area contributed by atoms with E-state index in [1.165, 1.54) is 0 Å². The van der Waals surface area contributed by atoms with Gasteiger partial charge in [-0.1, -0.05) is 44.2 Å². The van der Waals surface area contributed by atoms with Crippen molar-refractivity contribution in [1.82, 2.24) is 4.57 Å². The van der Waals surface area contributed by atoms with E-state index < -0.39 is 0 Å². The van der Waals surface area contributed by atoms with Gasteiger partial charge in [0.25, 0.3) is 0 Å². The molecule has 2 rings (SSSR count). The summed E-state index contributed by atoms with van der Waals surface area (Å²) in [6, 6.07) is 8.10. The highest BCUT2D eigenvalue weighted by Crippen LogP contribution is 2.20. The Morgan fingerprint density at radius 1 is 1.33 bits per heavy atom. The largest absolute Gasteiger partial charge is 0.383 e. The molecule has 0 atom stereocenters. The molecule has 0 radical (unpaired) electrons. The molecule has 21 heavy (non-hydrogen) atoms. The van der Waals surface area contributed by atoms with Gasteiger partial charge in [-0.2, -0.15) is 4.99 Å². The Morgan fingerprint density at radius 3 is 2.71 bits per heavy atom. The number of para-hydroxylation sites is 1. The molecule has 4 nitrogen and oxygen atoms in total. The predicted molar refractivity (Wildman–Crippen MR) is 86.3 cm³/mol. The van der Waals surface area contributed by atoms with Crippen molar-refractivity contribution in [2.75, 3.05) is 13.7 Å². The summed E-state index contributed by atoms with van der Waals surface area (Å²) in [4.78, 5) is 17.2. The Hall–Kier alpha value is -1.46. The molecule has 2 aromatic rings. The summed E-state index contributed by atoms with van der Waals surface area (Å²) in [5.41, 5.74) is 1.05. The van der Waals surface area contributed by atoms with Gasteiger partial charge in [-0.25, -0.2) is 0 Å². The third-order valence-corrected chi connectivity index (χ3v) is 4.07. The molecule has 0 spiro atoms. The van der Waals surface area contributed by atoms with E-state index in [2.05, 4.69) is 21.7 Å². The topological polar surface area (TPSA) is 43.6 Å². The number of thiazole rings is 1. The number of carbonyl (C=O) groups is 1. The van der Waals surface area contributed by atoms with Crippen molar-refractivity contribution in [2.45, 2.75) is 33.7 Å². The van der Waals surface area contributed by atoms with Gasteiger partial charge in [0.15, 0.2) is 4.80 Å². The van der Waals surface area contributed by atoms with Crippen LogP contribution in [0.5, 0.6) is 0 Å². The van der Waals surface area contributed by atoms with Gasteiger partial charge >= 0.3 is 0 Å². The summed E-state index contributed by atoms with van der Waals surface area (Å²) < 4.78 is 8.36. The van der Waals surface area contributed by atoms with Crippen molar-refractivity contribution in [1.29, 1.82) is 0 Å². The van der Waals surface area contributed by atoms with Crippen LogP contribution >= 0.6 is 11.3 Å². The fourth-order valence-electron chi connectivity index (χ4n) is 2.10. The van der Waals surface area contributed by atoms with Crippen LogP contribution < -0.4 is 4.80 Å². The quantitative estimate of drug-likeness (QED) is 0.870. The van der Waals surface area contributed by atoms with Crippen LogP contribution in [0.25, 0.3) is 10.2 Å². The van der Waals surface area contributed by atoms with E-state index in [4.69, 9.17) is 4.74 Å². The first-order valence-corrected chi connectivity index (χ1v) is 7.87.